The molecule has 2 rings (SSSR count). The summed E-state index contributed by atoms with van der Waals surface area (Å²) in [5.41, 5.74) is 4.18. The number of nitrogens with zero attached hydrogens (tertiary/aromatic N) is 1. The standard InChI is InChI=1S/C15H16BrNO/c1-3-17-14(9-8-13(10-16)15(17)18)12-6-4-11(2)5-7-12/h4-9H,3,10H2,1-2H3. The van der Waals surface area contributed by atoms with Crippen LogP contribution in [-0.2, 0) is 11.9 Å². The fourth-order valence-electron chi connectivity index (χ4n) is 2.02. The number of halogens is 1. The van der Waals surface area contributed by atoms with Crippen LogP contribution < -0.4 is 5.56 Å². The van der Waals surface area contributed by atoms with E-state index in [4.69, 9.17) is 0 Å². The second-order valence-electron chi connectivity index (χ2n) is 4.29. The van der Waals surface area contributed by atoms with Crippen molar-refractivity contribution < 1.29 is 0 Å². The van der Waals surface area contributed by atoms with Crippen LogP contribution in [0.4, 0.5) is 0 Å². The van der Waals surface area contributed by atoms with Gasteiger partial charge in [-0.25, -0.2) is 0 Å². The summed E-state index contributed by atoms with van der Waals surface area (Å²) in [7, 11) is 0. The lowest BCUT2D eigenvalue weighted by atomic mass is 10.1. The highest BCUT2D eigenvalue weighted by Crippen LogP contribution is 2.19. The Morgan fingerprint density at radius 1 is 1.11 bits per heavy atom. The Morgan fingerprint density at radius 3 is 2.33 bits per heavy atom. The molecular formula is C15H16BrNO. The van der Waals surface area contributed by atoms with Gasteiger partial charge in [0.25, 0.3) is 5.56 Å². The lowest BCUT2D eigenvalue weighted by Gasteiger charge is -2.12. The Hall–Kier alpha value is -1.35. The second-order valence-corrected chi connectivity index (χ2v) is 4.85. The third-order valence-electron chi connectivity index (χ3n) is 3.06. The van der Waals surface area contributed by atoms with Crippen molar-refractivity contribution >= 4 is 15.9 Å². The first-order valence-corrected chi connectivity index (χ1v) is 7.15. The molecule has 94 valence electrons. The van der Waals surface area contributed by atoms with E-state index in [-0.39, 0.29) is 5.56 Å². The molecule has 1 aromatic heterocycles. The number of hydrogen-bond donors (Lipinski definition) is 0. The molecule has 0 aliphatic heterocycles. The molecule has 0 N–H and O–H groups in total. The lowest BCUT2D eigenvalue weighted by molar-refractivity contribution is 0.729. The molecule has 1 aromatic carbocycles. The van der Waals surface area contributed by atoms with Crippen molar-refractivity contribution in [3.05, 3.63) is 57.9 Å². The van der Waals surface area contributed by atoms with Gasteiger partial charge >= 0.3 is 0 Å². The van der Waals surface area contributed by atoms with Crippen molar-refractivity contribution in [1.82, 2.24) is 4.57 Å². The van der Waals surface area contributed by atoms with E-state index in [1.807, 2.05) is 23.6 Å². The number of rotatable bonds is 3. The molecule has 0 aliphatic rings. The molecule has 0 spiro atoms. The highest BCUT2D eigenvalue weighted by atomic mass is 79.9. The summed E-state index contributed by atoms with van der Waals surface area (Å²) < 4.78 is 1.82. The molecule has 0 saturated carbocycles. The fourth-order valence-corrected chi connectivity index (χ4v) is 2.44. The summed E-state index contributed by atoms with van der Waals surface area (Å²) in [5.74, 6) is 0. The number of pyridine rings is 1. The van der Waals surface area contributed by atoms with Gasteiger partial charge in [-0.2, -0.15) is 0 Å². The molecule has 2 nitrogen and oxygen atoms in total. The summed E-state index contributed by atoms with van der Waals surface area (Å²) in [6.07, 6.45) is 0. The van der Waals surface area contributed by atoms with Gasteiger partial charge in [-0.05, 0) is 25.5 Å². The zero-order valence-electron chi connectivity index (χ0n) is 10.6. The van der Waals surface area contributed by atoms with Gasteiger partial charge in [-0.1, -0.05) is 51.8 Å². The number of alkyl halides is 1. The fraction of sp³-hybridized carbons (Fsp3) is 0.267. The zero-order chi connectivity index (χ0) is 13.1. The maximum absolute atomic E-state index is 12.2. The second kappa shape index (κ2) is 5.53. The van der Waals surface area contributed by atoms with Gasteiger partial charge in [0, 0.05) is 17.4 Å². The molecule has 3 heteroatoms. The maximum Gasteiger partial charge on any atom is 0.255 e. The van der Waals surface area contributed by atoms with Gasteiger partial charge < -0.3 is 4.57 Å². The molecular weight excluding hydrogens is 290 g/mol. The minimum absolute atomic E-state index is 0.0902. The average Bonchev–Trinajstić information content (AvgIpc) is 2.39. The Labute approximate surface area is 115 Å². The minimum atomic E-state index is 0.0902. The topological polar surface area (TPSA) is 22.0 Å². The summed E-state index contributed by atoms with van der Waals surface area (Å²) >= 11 is 3.35. The van der Waals surface area contributed by atoms with E-state index in [1.165, 1.54) is 5.56 Å². The molecule has 18 heavy (non-hydrogen) atoms. The summed E-state index contributed by atoms with van der Waals surface area (Å²) in [6, 6.07) is 12.2. The molecule has 2 aromatic rings. The summed E-state index contributed by atoms with van der Waals surface area (Å²) in [6.45, 7) is 4.74. The van der Waals surface area contributed by atoms with Gasteiger partial charge in [-0.15, -0.1) is 0 Å². The largest absolute Gasteiger partial charge is 0.308 e. The van der Waals surface area contributed by atoms with Gasteiger partial charge in [0.05, 0.1) is 5.69 Å². The number of aryl methyl sites for hydroxylation is 1. The Morgan fingerprint density at radius 2 is 1.78 bits per heavy atom. The molecule has 0 fully saturated rings. The van der Waals surface area contributed by atoms with Gasteiger partial charge in [0.2, 0.25) is 0 Å². The Balaban J connectivity index is 2.61. The van der Waals surface area contributed by atoms with E-state index in [9.17, 15) is 4.79 Å². The first-order chi connectivity index (χ1) is 8.67. The predicted molar refractivity (Wildman–Crippen MR) is 79.2 cm³/mol. The first-order valence-electron chi connectivity index (χ1n) is 6.03. The number of benzene rings is 1. The van der Waals surface area contributed by atoms with Crippen LogP contribution in [0.2, 0.25) is 0 Å². The smallest absolute Gasteiger partial charge is 0.255 e. The molecule has 0 aliphatic carbocycles. The Kier molecular flexibility index (Phi) is 4.02. The van der Waals surface area contributed by atoms with Crippen molar-refractivity contribution in [3.63, 3.8) is 0 Å². The normalized spacial score (nSPS) is 10.6. The Bertz CT molecular complexity index is 599. The van der Waals surface area contributed by atoms with E-state index < -0.39 is 0 Å². The molecule has 0 saturated heterocycles. The van der Waals surface area contributed by atoms with Crippen molar-refractivity contribution in [2.75, 3.05) is 0 Å². The first kappa shape index (κ1) is 13.1. The average molecular weight is 306 g/mol. The van der Waals surface area contributed by atoms with Crippen LogP contribution in [0.5, 0.6) is 0 Å². The SMILES string of the molecule is CCn1c(-c2ccc(C)cc2)ccc(CBr)c1=O. The molecule has 0 unspecified atom stereocenters. The third kappa shape index (κ3) is 2.41. The van der Waals surface area contributed by atoms with E-state index in [1.54, 1.807) is 0 Å². The van der Waals surface area contributed by atoms with Crippen LogP contribution in [0.25, 0.3) is 11.3 Å². The van der Waals surface area contributed by atoms with Crippen LogP contribution in [-0.4, -0.2) is 4.57 Å². The van der Waals surface area contributed by atoms with Crippen LogP contribution in [0.1, 0.15) is 18.1 Å². The lowest BCUT2D eigenvalue weighted by Crippen LogP contribution is -2.23. The highest BCUT2D eigenvalue weighted by molar-refractivity contribution is 9.08. The van der Waals surface area contributed by atoms with Crippen molar-refractivity contribution in [1.29, 1.82) is 0 Å². The number of aromatic nitrogens is 1. The van der Waals surface area contributed by atoms with Crippen LogP contribution in [0.3, 0.4) is 0 Å². The zero-order valence-corrected chi connectivity index (χ0v) is 12.2. The van der Waals surface area contributed by atoms with Gasteiger partial charge in [0.15, 0.2) is 0 Å². The highest BCUT2D eigenvalue weighted by Gasteiger charge is 2.08. The molecule has 1 heterocycles. The van der Waals surface area contributed by atoms with E-state index in [0.717, 1.165) is 16.8 Å². The monoisotopic (exact) mass is 305 g/mol. The molecule has 0 bridgehead atoms. The molecule has 0 radical (unpaired) electrons. The predicted octanol–water partition coefficient (Wildman–Crippen LogP) is 3.74. The van der Waals surface area contributed by atoms with Crippen LogP contribution in [0.15, 0.2) is 41.2 Å². The summed E-state index contributed by atoms with van der Waals surface area (Å²) in [4.78, 5) is 12.2. The van der Waals surface area contributed by atoms with E-state index in [2.05, 4.69) is 47.1 Å². The van der Waals surface area contributed by atoms with Crippen LogP contribution in [0, 0.1) is 6.92 Å². The van der Waals surface area contributed by atoms with E-state index >= 15 is 0 Å². The number of hydrogen-bond acceptors (Lipinski definition) is 1. The third-order valence-corrected chi connectivity index (χ3v) is 3.66. The van der Waals surface area contributed by atoms with Crippen molar-refractivity contribution in [2.24, 2.45) is 0 Å². The summed E-state index contributed by atoms with van der Waals surface area (Å²) in [5, 5.41) is 0.597. The van der Waals surface area contributed by atoms with Crippen LogP contribution >= 0.6 is 15.9 Å². The molecule has 0 atom stereocenters. The van der Waals surface area contributed by atoms with Gasteiger partial charge in [-0.3, -0.25) is 4.79 Å². The van der Waals surface area contributed by atoms with E-state index in [0.29, 0.717) is 11.9 Å². The van der Waals surface area contributed by atoms with Crippen molar-refractivity contribution in [3.8, 4) is 11.3 Å². The van der Waals surface area contributed by atoms with Crippen molar-refractivity contribution in [2.45, 2.75) is 25.7 Å². The minimum Gasteiger partial charge on any atom is -0.308 e. The van der Waals surface area contributed by atoms with Gasteiger partial charge in [0.1, 0.15) is 0 Å². The maximum atomic E-state index is 12.2. The quantitative estimate of drug-likeness (QED) is 0.792. The molecule has 0 amide bonds.